The van der Waals surface area contributed by atoms with E-state index in [2.05, 4.69) is 14.3 Å². The topological polar surface area (TPSA) is 55.2 Å². The lowest BCUT2D eigenvalue weighted by atomic mass is 10.2. The molecule has 0 aliphatic carbocycles. The lowest BCUT2D eigenvalue weighted by Crippen LogP contribution is -2.08. The first-order valence-corrected chi connectivity index (χ1v) is 8.43. The molecule has 0 N–H and O–H groups in total. The van der Waals surface area contributed by atoms with Crippen LogP contribution in [0, 0.1) is 13.8 Å². The normalized spacial score (nSPS) is 15.4. The van der Waals surface area contributed by atoms with E-state index in [1.54, 1.807) is 24.7 Å². The molecule has 2 unspecified atom stereocenters. The second-order valence-electron chi connectivity index (χ2n) is 5.02. The van der Waals surface area contributed by atoms with Gasteiger partial charge < -0.3 is 0 Å². The quantitative estimate of drug-likeness (QED) is 0.867. The van der Waals surface area contributed by atoms with E-state index in [0.29, 0.717) is 5.82 Å². The summed E-state index contributed by atoms with van der Waals surface area (Å²) in [6.07, 6.45) is 5.16. The molecule has 0 radical (unpaired) electrons. The van der Waals surface area contributed by atoms with Crippen LogP contribution in [0.5, 0.6) is 0 Å². The Hall–Kier alpha value is -1.75. The van der Waals surface area contributed by atoms with Crippen molar-refractivity contribution in [1.82, 2.24) is 9.97 Å². The van der Waals surface area contributed by atoms with Crippen LogP contribution in [0.1, 0.15) is 29.0 Å². The maximum Gasteiger partial charge on any atom is 0.161 e. The maximum absolute atomic E-state index is 12.8. The SMILES string of the molecule is Cc1ccc(N=S(C)(=O)C(C)c2ccc(C)nc2)nc1. The van der Waals surface area contributed by atoms with E-state index >= 15 is 0 Å². The van der Waals surface area contributed by atoms with Gasteiger partial charge in [0.25, 0.3) is 0 Å². The Morgan fingerprint density at radius 3 is 2.40 bits per heavy atom. The van der Waals surface area contributed by atoms with Crippen LogP contribution in [-0.2, 0) is 9.73 Å². The van der Waals surface area contributed by atoms with Crippen LogP contribution in [0.25, 0.3) is 0 Å². The van der Waals surface area contributed by atoms with Crippen LogP contribution in [0.2, 0.25) is 0 Å². The molecule has 2 rings (SSSR count). The smallest absolute Gasteiger partial charge is 0.161 e. The fraction of sp³-hybridized carbons (Fsp3) is 0.333. The van der Waals surface area contributed by atoms with E-state index in [1.807, 2.05) is 39.0 Å². The molecular formula is C15H19N3OS. The summed E-state index contributed by atoms with van der Waals surface area (Å²) in [6.45, 7) is 5.80. The average molecular weight is 289 g/mol. The molecule has 2 heterocycles. The van der Waals surface area contributed by atoms with Gasteiger partial charge in [0.15, 0.2) is 5.82 Å². The van der Waals surface area contributed by atoms with Crippen molar-refractivity contribution < 1.29 is 4.21 Å². The summed E-state index contributed by atoms with van der Waals surface area (Å²) in [4.78, 5) is 8.44. The van der Waals surface area contributed by atoms with E-state index in [9.17, 15) is 4.21 Å². The number of aryl methyl sites for hydroxylation is 2. The van der Waals surface area contributed by atoms with Gasteiger partial charge in [-0.3, -0.25) is 4.98 Å². The highest BCUT2D eigenvalue weighted by atomic mass is 32.2. The summed E-state index contributed by atoms with van der Waals surface area (Å²) in [5, 5.41) is -0.196. The number of pyridine rings is 2. The van der Waals surface area contributed by atoms with E-state index in [4.69, 9.17) is 0 Å². The number of nitrogens with zero attached hydrogens (tertiary/aromatic N) is 3. The highest BCUT2D eigenvalue weighted by Gasteiger charge is 2.16. The zero-order valence-electron chi connectivity index (χ0n) is 12.2. The van der Waals surface area contributed by atoms with Crippen LogP contribution in [0.3, 0.4) is 0 Å². The van der Waals surface area contributed by atoms with Gasteiger partial charge in [0.1, 0.15) is 0 Å². The van der Waals surface area contributed by atoms with Crippen LogP contribution in [0.4, 0.5) is 5.82 Å². The summed E-state index contributed by atoms with van der Waals surface area (Å²) in [5.41, 5.74) is 2.93. The van der Waals surface area contributed by atoms with Crippen LogP contribution in [-0.4, -0.2) is 20.4 Å². The first kappa shape index (κ1) is 14.7. The molecule has 0 saturated carbocycles. The zero-order chi connectivity index (χ0) is 14.8. The molecule has 2 aromatic heterocycles. The lowest BCUT2D eigenvalue weighted by Gasteiger charge is -2.14. The van der Waals surface area contributed by atoms with E-state index in [-0.39, 0.29) is 5.25 Å². The van der Waals surface area contributed by atoms with Gasteiger partial charge in [-0.1, -0.05) is 12.1 Å². The predicted octanol–water partition coefficient (Wildman–Crippen LogP) is 3.58. The van der Waals surface area contributed by atoms with E-state index < -0.39 is 9.73 Å². The number of aromatic nitrogens is 2. The second kappa shape index (κ2) is 5.71. The fourth-order valence-corrected chi connectivity index (χ4v) is 3.03. The minimum absolute atomic E-state index is 0.196. The minimum atomic E-state index is -2.42. The van der Waals surface area contributed by atoms with E-state index in [1.165, 1.54) is 0 Å². The lowest BCUT2D eigenvalue weighted by molar-refractivity contribution is 0.673. The molecule has 4 nitrogen and oxygen atoms in total. The summed E-state index contributed by atoms with van der Waals surface area (Å²) in [6, 6.07) is 7.58. The summed E-state index contributed by atoms with van der Waals surface area (Å²) in [5.74, 6) is 0.509. The maximum atomic E-state index is 12.8. The summed E-state index contributed by atoms with van der Waals surface area (Å²) < 4.78 is 17.1. The van der Waals surface area contributed by atoms with Crippen molar-refractivity contribution >= 4 is 15.5 Å². The number of hydrogen-bond donors (Lipinski definition) is 0. The number of hydrogen-bond acceptors (Lipinski definition) is 4. The highest BCUT2D eigenvalue weighted by Crippen LogP contribution is 2.25. The molecule has 0 aliphatic heterocycles. The van der Waals surface area contributed by atoms with E-state index in [0.717, 1.165) is 16.8 Å². The van der Waals surface area contributed by atoms with Crippen molar-refractivity contribution in [3.63, 3.8) is 0 Å². The molecule has 0 spiro atoms. The number of rotatable bonds is 3. The zero-order valence-corrected chi connectivity index (χ0v) is 13.0. The Bertz CT molecular complexity index is 699. The predicted molar refractivity (Wildman–Crippen MR) is 82.5 cm³/mol. The van der Waals surface area contributed by atoms with Gasteiger partial charge in [0.2, 0.25) is 0 Å². The van der Waals surface area contributed by atoms with Crippen LogP contribution < -0.4 is 0 Å². The van der Waals surface area contributed by atoms with Crippen LogP contribution >= 0.6 is 0 Å². The molecule has 2 aromatic rings. The average Bonchev–Trinajstić information content (AvgIpc) is 2.41. The fourth-order valence-electron chi connectivity index (χ4n) is 1.75. The first-order chi connectivity index (χ1) is 9.38. The summed E-state index contributed by atoms with van der Waals surface area (Å²) >= 11 is 0. The van der Waals surface area contributed by atoms with Gasteiger partial charge in [-0.05, 0) is 44.0 Å². The highest BCUT2D eigenvalue weighted by molar-refractivity contribution is 7.93. The Morgan fingerprint density at radius 1 is 1.10 bits per heavy atom. The standard InChI is InChI=1S/C15H19N3OS/c1-11-5-8-15(17-9-11)18-20(4,19)13(3)14-7-6-12(2)16-10-14/h5-10,13H,1-4H3. The van der Waals surface area contributed by atoms with Crippen molar-refractivity contribution in [3.05, 3.63) is 53.5 Å². The largest absolute Gasteiger partial charge is 0.261 e. The molecule has 106 valence electrons. The van der Waals surface area contributed by atoms with Gasteiger partial charge in [-0.25, -0.2) is 9.19 Å². The monoisotopic (exact) mass is 289 g/mol. The molecule has 0 amide bonds. The van der Waals surface area contributed by atoms with Gasteiger partial charge in [-0.2, -0.15) is 4.36 Å². The first-order valence-electron chi connectivity index (χ1n) is 6.45. The molecular weight excluding hydrogens is 270 g/mol. The van der Waals surface area contributed by atoms with Gasteiger partial charge in [-0.15, -0.1) is 0 Å². The minimum Gasteiger partial charge on any atom is -0.261 e. The third kappa shape index (κ3) is 3.42. The van der Waals surface area contributed by atoms with Crippen molar-refractivity contribution in [2.45, 2.75) is 26.0 Å². The molecule has 0 saturated heterocycles. The molecule has 20 heavy (non-hydrogen) atoms. The van der Waals surface area contributed by atoms with Gasteiger partial charge in [0.05, 0.1) is 15.0 Å². The Labute approximate surface area is 120 Å². The molecule has 0 aromatic carbocycles. The molecule has 5 heteroatoms. The van der Waals surface area contributed by atoms with Crippen molar-refractivity contribution in [2.24, 2.45) is 4.36 Å². The van der Waals surface area contributed by atoms with Crippen molar-refractivity contribution in [1.29, 1.82) is 0 Å². The third-order valence-corrected chi connectivity index (χ3v) is 5.36. The molecule has 2 atom stereocenters. The molecule has 0 bridgehead atoms. The van der Waals surface area contributed by atoms with Gasteiger partial charge >= 0.3 is 0 Å². The Balaban J connectivity index is 2.36. The Morgan fingerprint density at radius 2 is 1.85 bits per heavy atom. The molecule has 0 aliphatic rings. The van der Waals surface area contributed by atoms with Crippen molar-refractivity contribution in [3.8, 4) is 0 Å². The van der Waals surface area contributed by atoms with Gasteiger partial charge in [0, 0.05) is 24.3 Å². The second-order valence-corrected chi connectivity index (χ2v) is 7.63. The Kier molecular flexibility index (Phi) is 4.18. The third-order valence-electron chi connectivity index (χ3n) is 3.23. The van der Waals surface area contributed by atoms with Crippen LogP contribution in [0.15, 0.2) is 41.0 Å². The molecule has 0 fully saturated rings. The summed E-state index contributed by atoms with van der Waals surface area (Å²) in [7, 11) is -2.42. The van der Waals surface area contributed by atoms with Crippen molar-refractivity contribution in [2.75, 3.05) is 6.26 Å².